The summed E-state index contributed by atoms with van der Waals surface area (Å²) in [5.74, 6) is 0.623. The molecule has 2 rings (SSSR count). The molecule has 17 heavy (non-hydrogen) atoms. The van der Waals surface area contributed by atoms with Crippen LogP contribution in [0.3, 0.4) is 0 Å². The first kappa shape index (κ1) is 11.9. The lowest BCUT2D eigenvalue weighted by Gasteiger charge is -2.16. The fourth-order valence-corrected chi connectivity index (χ4v) is 1.85. The molecule has 0 aliphatic carbocycles. The summed E-state index contributed by atoms with van der Waals surface area (Å²) in [6.45, 7) is 1.47. The normalized spacial score (nSPS) is 19.4. The van der Waals surface area contributed by atoms with E-state index >= 15 is 0 Å². The number of hydrogen-bond donors (Lipinski definition) is 0. The Hall–Kier alpha value is -1.62. The summed E-state index contributed by atoms with van der Waals surface area (Å²) in [6.07, 6.45) is 2.56. The standard InChI is InChI=1S/C12H16N2O3/c1-16-9-12(15)14-7-5-10(8-14)17-11-4-2-3-6-13-11/h2-4,6,10H,5,7-9H2,1H3. The van der Waals surface area contributed by atoms with E-state index in [1.54, 1.807) is 11.1 Å². The van der Waals surface area contributed by atoms with E-state index in [1.807, 2.05) is 18.2 Å². The van der Waals surface area contributed by atoms with Crippen LogP contribution in [0.5, 0.6) is 5.88 Å². The quantitative estimate of drug-likeness (QED) is 0.772. The fraction of sp³-hybridized carbons (Fsp3) is 0.500. The van der Waals surface area contributed by atoms with Crippen LogP contribution in [0.15, 0.2) is 24.4 Å². The number of carbonyl (C=O) groups excluding carboxylic acids is 1. The second-order valence-electron chi connectivity index (χ2n) is 3.97. The van der Waals surface area contributed by atoms with Gasteiger partial charge in [0.2, 0.25) is 11.8 Å². The van der Waals surface area contributed by atoms with Gasteiger partial charge in [-0.3, -0.25) is 4.79 Å². The fourth-order valence-electron chi connectivity index (χ4n) is 1.85. The van der Waals surface area contributed by atoms with Gasteiger partial charge in [-0.15, -0.1) is 0 Å². The molecule has 5 nitrogen and oxygen atoms in total. The maximum atomic E-state index is 11.6. The molecule has 1 aliphatic rings. The molecule has 0 saturated carbocycles. The van der Waals surface area contributed by atoms with Crippen molar-refractivity contribution in [2.75, 3.05) is 26.8 Å². The van der Waals surface area contributed by atoms with E-state index in [9.17, 15) is 4.79 Å². The van der Waals surface area contributed by atoms with Crippen molar-refractivity contribution in [3.63, 3.8) is 0 Å². The number of hydrogen-bond acceptors (Lipinski definition) is 4. The van der Waals surface area contributed by atoms with Gasteiger partial charge in [0.05, 0.1) is 6.54 Å². The Labute approximate surface area is 100 Å². The molecule has 5 heteroatoms. The first-order chi connectivity index (χ1) is 8.29. The lowest BCUT2D eigenvalue weighted by molar-refractivity contribution is -0.134. The van der Waals surface area contributed by atoms with Crippen molar-refractivity contribution < 1.29 is 14.3 Å². The van der Waals surface area contributed by atoms with Crippen molar-refractivity contribution in [2.45, 2.75) is 12.5 Å². The first-order valence-corrected chi connectivity index (χ1v) is 5.64. The summed E-state index contributed by atoms with van der Waals surface area (Å²) in [6, 6.07) is 5.54. The summed E-state index contributed by atoms with van der Waals surface area (Å²) in [5, 5.41) is 0. The Balaban J connectivity index is 1.84. The molecule has 0 radical (unpaired) electrons. The third kappa shape index (κ3) is 3.17. The predicted molar refractivity (Wildman–Crippen MR) is 61.7 cm³/mol. The van der Waals surface area contributed by atoms with Crippen molar-refractivity contribution in [1.29, 1.82) is 0 Å². The second-order valence-corrected chi connectivity index (χ2v) is 3.97. The van der Waals surface area contributed by atoms with Crippen LogP contribution in [0.2, 0.25) is 0 Å². The number of nitrogens with zero attached hydrogens (tertiary/aromatic N) is 2. The number of aromatic nitrogens is 1. The number of pyridine rings is 1. The smallest absolute Gasteiger partial charge is 0.248 e. The maximum absolute atomic E-state index is 11.6. The molecule has 0 bridgehead atoms. The summed E-state index contributed by atoms with van der Waals surface area (Å²) in [7, 11) is 1.52. The Bertz CT molecular complexity index is 369. The van der Waals surface area contributed by atoms with E-state index in [4.69, 9.17) is 9.47 Å². The van der Waals surface area contributed by atoms with E-state index in [-0.39, 0.29) is 18.6 Å². The van der Waals surface area contributed by atoms with Gasteiger partial charge in [-0.1, -0.05) is 6.07 Å². The zero-order valence-corrected chi connectivity index (χ0v) is 9.83. The Morgan fingerprint density at radius 2 is 2.47 bits per heavy atom. The summed E-state index contributed by atoms with van der Waals surface area (Å²) in [4.78, 5) is 17.4. The van der Waals surface area contributed by atoms with Crippen LogP contribution < -0.4 is 4.74 Å². The molecule has 1 unspecified atom stereocenters. The van der Waals surface area contributed by atoms with Crippen LogP contribution in [0.25, 0.3) is 0 Å². The Morgan fingerprint density at radius 3 is 3.18 bits per heavy atom. The van der Waals surface area contributed by atoms with Crippen molar-refractivity contribution in [3.05, 3.63) is 24.4 Å². The molecule has 0 spiro atoms. The van der Waals surface area contributed by atoms with E-state index in [1.165, 1.54) is 7.11 Å². The van der Waals surface area contributed by atoms with Gasteiger partial charge in [0.25, 0.3) is 0 Å². The molecular formula is C12H16N2O3. The van der Waals surface area contributed by atoms with Crippen molar-refractivity contribution >= 4 is 5.91 Å². The molecule has 1 aromatic heterocycles. The molecule has 0 aromatic carbocycles. The van der Waals surface area contributed by atoms with Crippen molar-refractivity contribution in [3.8, 4) is 5.88 Å². The van der Waals surface area contributed by atoms with Gasteiger partial charge >= 0.3 is 0 Å². The predicted octanol–water partition coefficient (Wildman–Crippen LogP) is 0.708. The molecule has 0 N–H and O–H groups in total. The average Bonchev–Trinajstić information content (AvgIpc) is 2.79. The van der Waals surface area contributed by atoms with Gasteiger partial charge in [-0.05, 0) is 6.07 Å². The SMILES string of the molecule is COCC(=O)N1CCC(Oc2ccccn2)C1. The number of amides is 1. The van der Waals surface area contributed by atoms with Crippen LogP contribution in [0.4, 0.5) is 0 Å². The number of rotatable bonds is 4. The molecule has 2 heterocycles. The lowest BCUT2D eigenvalue weighted by Crippen LogP contribution is -2.33. The number of ether oxygens (including phenoxy) is 2. The van der Waals surface area contributed by atoms with Crippen LogP contribution in [0.1, 0.15) is 6.42 Å². The van der Waals surface area contributed by atoms with Gasteiger partial charge in [-0.25, -0.2) is 4.98 Å². The Kier molecular flexibility index (Phi) is 3.93. The van der Waals surface area contributed by atoms with E-state index < -0.39 is 0 Å². The minimum absolute atomic E-state index is 0.0135. The van der Waals surface area contributed by atoms with Crippen LogP contribution in [-0.4, -0.2) is 48.7 Å². The molecule has 1 saturated heterocycles. The molecule has 92 valence electrons. The van der Waals surface area contributed by atoms with E-state index in [0.717, 1.165) is 13.0 Å². The highest BCUT2D eigenvalue weighted by Crippen LogP contribution is 2.16. The highest BCUT2D eigenvalue weighted by Gasteiger charge is 2.27. The Morgan fingerprint density at radius 1 is 1.59 bits per heavy atom. The highest BCUT2D eigenvalue weighted by atomic mass is 16.5. The molecular weight excluding hydrogens is 220 g/mol. The topological polar surface area (TPSA) is 51.7 Å². The monoisotopic (exact) mass is 236 g/mol. The minimum Gasteiger partial charge on any atom is -0.472 e. The van der Waals surface area contributed by atoms with Crippen molar-refractivity contribution in [1.82, 2.24) is 9.88 Å². The summed E-state index contributed by atoms with van der Waals surface area (Å²) in [5.41, 5.74) is 0. The highest BCUT2D eigenvalue weighted by molar-refractivity contribution is 5.77. The molecule has 1 aromatic rings. The molecule has 1 amide bonds. The third-order valence-electron chi connectivity index (χ3n) is 2.69. The number of carbonyl (C=O) groups is 1. The summed E-state index contributed by atoms with van der Waals surface area (Å²) >= 11 is 0. The van der Waals surface area contributed by atoms with Gasteiger partial charge < -0.3 is 14.4 Å². The number of likely N-dealkylation sites (tertiary alicyclic amines) is 1. The second kappa shape index (κ2) is 5.63. The van der Waals surface area contributed by atoms with Gasteiger partial charge in [0.15, 0.2) is 0 Å². The maximum Gasteiger partial charge on any atom is 0.248 e. The third-order valence-corrected chi connectivity index (χ3v) is 2.69. The van der Waals surface area contributed by atoms with Crippen LogP contribution in [-0.2, 0) is 9.53 Å². The van der Waals surface area contributed by atoms with Gasteiger partial charge in [0, 0.05) is 32.3 Å². The lowest BCUT2D eigenvalue weighted by atomic mass is 10.3. The zero-order chi connectivity index (χ0) is 12.1. The van der Waals surface area contributed by atoms with Gasteiger partial charge in [0.1, 0.15) is 12.7 Å². The number of methoxy groups -OCH3 is 1. The first-order valence-electron chi connectivity index (χ1n) is 5.64. The largest absolute Gasteiger partial charge is 0.472 e. The van der Waals surface area contributed by atoms with Crippen LogP contribution >= 0.6 is 0 Å². The summed E-state index contributed by atoms with van der Waals surface area (Å²) < 4.78 is 10.5. The van der Waals surface area contributed by atoms with Gasteiger partial charge in [-0.2, -0.15) is 0 Å². The average molecular weight is 236 g/mol. The zero-order valence-electron chi connectivity index (χ0n) is 9.83. The minimum atomic E-state index is 0.0135. The van der Waals surface area contributed by atoms with E-state index in [2.05, 4.69) is 4.98 Å². The molecule has 1 atom stereocenters. The van der Waals surface area contributed by atoms with E-state index in [0.29, 0.717) is 12.4 Å². The van der Waals surface area contributed by atoms with Crippen LogP contribution in [0, 0.1) is 0 Å². The molecule has 1 fully saturated rings. The van der Waals surface area contributed by atoms with Crippen molar-refractivity contribution in [2.24, 2.45) is 0 Å². The molecule has 1 aliphatic heterocycles.